The number of nitrogens with zero attached hydrogens (tertiary/aromatic N) is 1. The van der Waals surface area contributed by atoms with Crippen LogP contribution in [0.15, 0.2) is 42.5 Å². The van der Waals surface area contributed by atoms with Crippen LogP contribution >= 0.6 is 15.9 Å². The summed E-state index contributed by atoms with van der Waals surface area (Å²) in [5.41, 5.74) is 2.54. The minimum absolute atomic E-state index is 0.0153. The Morgan fingerprint density at radius 1 is 1.12 bits per heavy atom. The van der Waals surface area contributed by atoms with Crippen molar-refractivity contribution >= 4 is 27.5 Å². The third-order valence-corrected chi connectivity index (χ3v) is 4.81. The molecule has 0 bridgehead atoms. The number of halogens is 3. The normalized spacial score (nSPS) is 17.3. The van der Waals surface area contributed by atoms with Crippen molar-refractivity contribution in [2.45, 2.75) is 25.2 Å². The number of carbonyl (C=O) groups excluding carboxylic acids is 1. The van der Waals surface area contributed by atoms with Crippen LogP contribution in [-0.4, -0.2) is 17.8 Å². The van der Waals surface area contributed by atoms with Crippen molar-refractivity contribution < 1.29 is 13.6 Å². The van der Waals surface area contributed by atoms with Gasteiger partial charge in [0.05, 0.1) is 5.69 Å². The summed E-state index contributed by atoms with van der Waals surface area (Å²) in [5, 5.41) is 0.578. The molecule has 1 amide bonds. The summed E-state index contributed by atoms with van der Waals surface area (Å²) in [5.74, 6) is -0.618. The van der Waals surface area contributed by atoms with E-state index in [-0.39, 0.29) is 23.5 Å². The maximum Gasteiger partial charge on any atom is 0.227 e. The van der Waals surface area contributed by atoms with E-state index < -0.39 is 0 Å². The molecule has 2 aromatic rings. The van der Waals surface area contributed by atoms with Crippen LogP contribution in [0.5, 0.6) is 0 Å². The zero-order chi connectivity index (χ0) is 17.1. The Bertz CT molecular complexity index is 733. The van der Waals surface area contributed by atoms with Gasteiger partial charge in [-0.25, -0.2) is 8.78 Å². The first kappa shape index (κ1) is 17.1. The lowest BCUT2D eigenvalue weighted by Gasteiger charge is -2.24. The van der Waals surface area contributed by atoms with Gasteiger partial charge in [0, 0.05) is 24.2 Å². The van der Waals surface area contributed by atoms with Gasteiger partial charge in [-0.1, -0.05) is 34.1 Å². The molecule has 0 aliphatic carbocycles. The van der Waals surface area contributed by atoms with Gasteiger partial charge in [-0.05, 0) is 48.2 Å². The number of hydrogen-bond acceptors (Lipinski definition) is 1. The number of benzene rings is 2. The highest BCUT2D eigenvalue weighted by Crippen LogP contribution is 2.39. The molecule has 0 radical (unpaired) electrons. The maximum absolute atomic E-state index is 13.8. The zero-order valence-corrected chi connectivity index (χ0v) is 14.7. The Labute approximate surface area is 148 Å². The molecule has 1 unspecified atom stereocenters. The molecule has 1 aliphatic rings. The van der Waals surface area contributed by atoms with Gasteiger partial charge in [0.25, 0.3) is 0 Å². The van der Waals surface area contributed by atoms with E-state index in [9.17, 15) is 13.6 Å². The Morgan fingerprint density at radius 2 is 1.83 bits per heavy atom. The molecule has 1 atom stereocenters. The van der Waals surface area contributed by atoms with Gasteiger partial charge in [-0.15, -0.1) is 0 Å². The number of fused-ring (bicyclic) bond motifs is 1. The van der Waals surface area contributed by atoms with Crippen LogP contribution in [0.3, 0.4) is 0 Å². The molecule has 0 spiro atoms. The Balaban J connectivity index is 2.05. The van der Waals surface area contributed by atoms with Crippen LogP contribution < -0.4 is 4.90 Å². The summed E-state index contributed by atoms with van der Waals surface area (Å²) >= 11 is 3.29. The quantitative estimate of drug-likeness (QED) is 0.671. The smallest absolute Gasteiger partial charge is 0.227 e. The summed E-state index contributed by atoms with van der Waals surface area (Å²) in [6.45, 7) is 0.569. The Morgan fingerprint density at radius 3 is 2.54 bits per heavy atom. The number of anilines is 1. The van der Waals surface area contributed by atoms with Crippen molar-refractivity contribution in [2.24, 2.45) is 0 Å². The fourth-order valence-corrected chi connectivity index (χ4v) is 3.63. The van der Waals surface area contributed by atoms with Gasteiger partial charge in [0.15, 0.2) is 0 Å². The summed E-state index contributed by atoms with van der Waals surface area (Å²) in [7, 11) is 0. The average molecular weight is 394 g/mol. The molecule has 1 aliphatic heterocycles. The van der Waals surface area contributed by atoms with Crippen LogP contribution in [0, 0.1) is 11.6 Å². The predicted octanol–water partition coefficient (Wildman–Crippen LogP) is 5.01. The molecule has 0 fully saturated rings. The molecule has 126 valence electrons. The number of amides is 1. The van der Waals surface area contributed by atoms with Gasteiger partial charge in [-0.2, -0.15) is 0 Å². The van der Waals surface area contributed by atoms with Gasteiger partial charge in [0.1, 0.15) is 11.6 Å². The van der Waals surface area contributed by atoms with Crippen LogP contribution in [0.1, 0.15) is 36.3 Å². The van der Waals surface area contributed by atoms with Crippen molar-refractivity contribution in [1.82, 2.24) is 0 Å². The molecule has 2 nitrogen and oxygen atoms in total. The first-order valence-corrected chi connectivity index (χ1v) is 9.13. The van der Waals surface area contributed by atoms with Crippen molar-refractivity contribution in [3.63, 3.8) is 0 Å². The number of carbonyl (C=O) groups is 1. The second-order valence-electron chi connectivity index (χ2n) is 5.93. The first-order valence-electron chi connectivity index (χ1n) is 8.01. The van der Waals surface area contributed by atoms with E-state index in [2.05, 4.69) is 15.9 Å². The molecule has 0 saturated carbocycles. The van der Waals surface area contributed by atoms with E-state index in [4.69, 9.17) is 0 Å². The van der Waals surface area contributed by atoms with Crippen molar-refractivity contribution in [2.75, 3.05) is 16.8 Å². The van der Waals surface area contributed by atoms with Gasteiger partial charge < -0.3 is 4.90 Å². The lowest BCUT2D eigenvalue weighted by molar-refractivity contribution is -0.118. The lowest BCUT2D eigenvalue weighted by Crippen LogP contribution is -2.31. The highest BCUT2D eigenvalue weighted by Gasteiger charge is 2.27. The largest absolute Gasteiger partial charge is 0.312 e. The zero-order valence-electron chi connectivity index (χ0n) is 13.1. The number of hydrogen-bond donors (Lipinski definition) is 0. The van der Waals surface area contributed by atoms with Crippen molar-refractivity contribution in [3.8, 4) is 0 Å². The molecule has 0 N–H and O–H groups in total. The van der Waals surface area contributed by atoms with Gasteiger partial charge in [-0.3, -0.25) is 4.79 Å². The molecule has 0 saturated heterocycles. The molecule has 1 heterocycles. The fourth-order valence-electron chi connectivity index (χ4n) is 3.29. The molecule has 2 aromatic carbocycles. The average Bonchev–Trinajstić information content (AvgIpc) is 2.75. The highest BCUT2D eigenvalue weighted by molar-refractivity contribution is 9.09. The Hall–Kier alpha value is -1.75. The molecule has 0 aromatic heterocycles. The number of rotatable bonds is 3. The number of alkyl halides is 1. The Kier molecular flexibility index (Phi) is 5.29. The minimum Gasteiger partial charge on any atom is -0.312 e. The molecule has 5 heteroatoms. The third-order valence-electron chi connectivity index (χ3n) is 4.41. The molecular formula is C19H18BrF2NO. The lowest BCUT2D eigenvalue weighted by atomic mass is 9.87. The second kappa shape index (κ2) is 7.43. The molecule has 3 rings (SSSR count). The van der Waals surface area contributed by atoms with Crippen LogP contribution in [0.4, 0.5) is 14.5 Å². The molecular weight excluding hydrogens is 376 g/mol. The van der Waals surface area contributed by atoms with Gasteiger partial charge >= 0.3 is 0 Å². The SMILES string of the molecule is O=C(CCBr)N1CCCC(c2ccc(F)cc2)c2ccc(F)cc21. The summed E-state index contributed by atoms with van der Waals surface area (Å²) < 4.78 is 27.1. The third kappa shape index (κ3) is 3.51. The summed E-state index contributed by atoms with van der Waals surface area (Å²) in [4.78, 5) is 14.1. The van der Waals surface area contributed by atoms with E-state index in [0.717, 1.165) is 24.0 Å². The predicted molar refractivity (Wildman–Crippen MR) is 94.6 cm³/mol. The summed E-state index contributed by atoms with van der Waals surface area (Å²) in [6.07, 6.45) is 2.02. The first-order chi connectivity index (χ1) is 11.6. The van der Waals surface area contributed by atoms with Crippen LogP contribution in [-0.2, 0) is 4.79 Å². The van der Waals surface area contributed by atoms with E-state index in [1.165, 1.54) is 24.3 Å². The fraction of sp³-hybridized carbons (Fsp3) is 0.316. The standard InChI is InChI=1S/C19H18BrF2NO/c20-10-9-19(24)23-11-1-2-16(13-3-5-14(21)6-4-13)17-8-7-15(22)12-18(17)23/h3-8,12,16H,1-2,9-11H2. The molecule has 24 heavy (non-hydrogen) atoms. The highest BCUT2D eigenvalue weighted by atomic mass is 79.9. The van der Waals surface area contributed by atoms with E-state index in [1.807, 2.05) is 0 Å². The van der Waals surface area contributed by atoms with Crippen molar-refractivity contribution in [3.05, 3.63) is 65.2 Å². The van der Waals surface area contributed by atoms with Crippen LogP contribution in [0.2, 0.25) is 0 Å². The summed E-state index contributed by atoms with van der Waals surface area (Å²) in [6, 6.07) is 11.0. The van der Waals surface area contributed by atoms with Crippen LogP contribution in [0.25, 0.3) is 0 Å². The van der Waals surface area contributed by atoms with E-state index in [1.54, 1.807) is 23.1 Å². The van der Waals surface area contributed by atoms with E-state index in [0.29, 0.717) is 24.0 Å². The topological polar surface area (TPSA) is 20.3 Å². The van der Waals surface area contributed by atoms with E-state index >= 15 is 0 Å². The minimum atomic E-state index is -0.356. The van der Waals surface area contributed by atoms with Crippen molar-refractivity contribution in [1.29, 1.82) is 0 Å². The monoisotopic (exact) mass is 393 g/mol. The maximum atomic E-state index is 13.8. The second-order valence-corrected chi connectivity index (χ2v) is 6.73. The van der Waals surface area contributed by atoms with Gasteiger partial charge in [0.2, 0.25) is 5.91 Å².